The van der Waals surface area contributed by atoms with Crippen molar-refractivity contribution < 1.29 is 14.3 Å². The maximum absolute atomic E-state index is 13.4. The zero-order valence-electron chi connectivity index (χ0n) is 18.5. The largest absolute Gasteiger partial charge is 0.449 e. The minimum Gasteiger partial charge on any atom is -0.449 e. The Hall–Kier alpha value is -2.34. The first kappa shape index (κ1) is 21.9. The van der Waals surface area contributed by atoms with Gasteiger partial charge < -0.3 is 14.5 Å². The molecule has 0 spiro atoms. The summed E-state index contributed by atoms with van der Waals surface area (Å²) < 4.78 is 5.28. The third-order valence-corrected chi connectivity index (χ3v) is 6.71. The summed E-state index contributed by atoms with van der Waals surface area (Å²) in [5.41, 5.74) is 3.60. The van der Waals surface area contributed by atoms with Crippen LogP contribution in [0.25, 0.3) is 10.9 Å². The number of rotatable bonds is 3. The Morgan fingerprint density at radius 1 is 1.16 bits per heavy atom. The highest BCUT2D eigenvalue weighted by molar-refractivity contribution is 6.36. The van der Waals surface area contributed by atoms with E-state index in [4.69, 9.17) is 21.3 Å². The number of hydrogen-bond acceptors (Lipinski definition) is 4. The quantitative estimate of drug-likeness (QED) is 0.680. The molecule has 1 aromatic heterocycles. The number of hydrogen-bond donors (Lipinski definition) is 0. The molecule has 2 aliphatic rings. The molecule has 1 aliphatic carbocycles. The lowest BCUT2D eigenvalue weighted by molar-refractivity contribution is 0.0230. The van der Waals surface area contributed by atoms with E-state index in [1.54, 1.807) is 4.90 Å². The van der Waals surface area contributed by atoms with Crippen LogP contribution >= 0.6 is 11.6 Å². The molecule has 1 saturated heterocycles. The Morgan fingerprint density at radius 3 is 2.58 bits per heavy atom. The van der Waals surface area contributed by atoms with Gasteiger partial charge in [0.25, 0.3) is 5.91 Å². The fourth-order valence-electron chi connectivity index (χ4n) is 4.80. The van der Waals surface area contributed by atoms with E-state index in [-0.39, 0.29) is 24.1 Å². The van der Waals surface area contributed by atoms with Crippen LogP contribution in [0, 0.1) is 0 Å². The van der Waals surface area contributed by atoms with Crippen molar-refractivity contribution in [3.05, 3.63) is 40.0 Å². The molecule has 6 nitrogen and oxygen atoms in total. The maximum Gasteiger partial charge on any atom is 0.409 e. The predicted molar refractivity (Wildman–Crippen MR) is 122 cm³/mol. The van der Waals surface area contributed by atoms with Crippen molar-refractivity contribution in [2.45, 2.75) is 65.0 Å². The number of carbonyl (C=O) groups is 2. The van der Waals surface area contributed by atoms with Crippen LogP contribution in [-0.4, -0.2) is 58.6 Å². The number of aryl methyl sites for hydroxylation is 1. The maximum atomic E-state index is 13.4. The van der Waals surface area contributed by atoms with Gasteiger partial charge >= 0.3 is 6.09 Å². The molecule has 0 radical (unpaired) electrons. The highest BCUT2D eigenvalue weighted by Crippen LogP contribution is 2.33. The number of ether oxygens (including phenoxy) is 1. The third-order valence-electron chi connectivity index (χ3n) is 6.28. The van der Waals surface area contributed by atoms with Gasteiger partial charge in [-0.15, -0.1) is 0 Å². The third kappa shape index (κ3) is 4.22. The Kier molecular flexibility index (Phi) is 6.37. The lowest BCUT2D eigenvalue weighted by atomic mass is 9.94. The molecule has 4 rings (SSSR count). The average molecular weight is 444 g/mol. The Balaban J connectivity index is 1.57. The first-order chi connectivity index (χ1) is 14.9. The zero-order chi connectivity index (χ0) is 22.1. The molecule has 1 aliphatic heterocycles. The van der Waals surface area contributed by atoms with Crippen LogP contribution in [0.2, 0.25) is 5.02 Å². The van der Waals surface area contributed by atoms with Crippen molar-refractivity contribution in [3.8, 4) is 0 Å². The van der Waals surface area contributed by atoms with E-state index in [9.17, 15) is 9.59 Å². The number of benzene rings is 1. The normalized spacial score (nSPS) is 21.2. The molecule has 2 aromatic rings. The molecule has 0 saturated carbocycles. The van der Waals surface area contributed by atoms with E-state index in [1.807, 2.05) is 43.9 Å². The number of carbonyl (C=O) groups excluding carboxylic acids is 2. The van der Waals surface area contributed by atoms with Crippen LogP contribution in [0.3, 0.4) is 0 Å². The number of amides is 2. The molecule has 2 amide bonds. The van der Waals surface area contributed by atoms with Gasteiger partial charge in [0.05, 0.1) is 17.1 Å². The first-order valence-corrected chi connectivity index (χ1v) is 11.6. The Morgan fingerprint density at radius 2 is 1.87 bits per heavy atom. The highest BCUT2D eigenvalue weighted by atomic mass is 35.5. The lowest BCUT2D eigenvalue weighted by Gasteiger charge is -2.44. The fourth-order valence-corrected chi connectivity index (χ4v) is 5.17. The predicted octanol–water partition coefficient (Wildman–Crippen LogP) is 4.85. The summed E-state index contributed by atoms with van der Waals surface area (Å²) in [6.07, 6.45) is 4.66. The van der Waals surface area contributed by atoms with E-state index < -0.39 is 0 Å². The van der Waals surface area contributed by atoms with Crippen molar-refractivity contribution in [3.63, 3.8) is 0 Å². The minimum atomic E-state index is -0.304. The first-order valence-electron chi connectivity index (χ1n) is 11.3. The van der Waals surface area contributed by atoms with Crippen molar-refractivity contribution in [2.75, 3.05) is 19.7 Å². The number of halogens is 1. The van der Waals surface area contributed by atoms with Gasteiger partial charge in [-0.25, -0.2) is 4.79 Å². The van der Waals surface area contributed by atoms with Gasteiger partial charge in [-0.3, -0.25) is 9.78 Å². The molecule has 0 bridgehead atoms. The van der Waals surface area contributed by atoms with E-state index in [0.717, 1.165) is 59.3 Å². The second-order valence-electron chi connectivity index (χ2n) is 8.72. The SMILES string of the molecule is CCCOC(=O)N1CC(C)N(C(=O)c2ccc3c(Cl)c4c(nc3c2)CCCC4)C(C)C1. The molecular formula is C24H30ClN3O3. The van der Waals surface area contributed by atoms with Crippen LogP contribution < -0.4 is 0 Å². The van der Waals surface area contributed by atoms with Gasteiger partial charge in [0, 0.05) is 41.8 Å². The molecule has 1 fully saturated rings. The smallest absolute Gasteiger partial charge is 0.409 e. The van der Waals surface area contributed by atoms with Gasteiger partial charge in [-0.2, -0.15) is 0 Å². The van der Waals surface area contributed by atoms with E-state index in [2.05, 4.69) is 0 Å². The summed E-state index contributed by atoms with van der Waals surface area (Å²) >= 11 is 6.68. The van der Waals surface area contributed by atoms with E-state index >= 15 is 0 Å². The summed E-state index contributed by atoms with van der Waals surface area (Å²) in [4.78, 5) is 34.1. The van der Waals surface area contributed by atoms with Gasteiger partial charge in [0.2, 0.25) is 0 Å². The van der Waals surface area contributed by atoms with Gasteiger partial charge in [-0.05, 0) is 63.6 Å². The summed E-state index contributed by atoms with van der Waals surface area (Å²) in [6.45, 7) is 7.25. The number of nitrogens with zero attached hydrogens (tertiary/aromatic N) is 3. The van der Waals surface area contributed by atoms with Crippen molar-refractivity contribution >= 4 is 34.5 Å². The molecule has 2 atom stereocenters. The number of aromatic nitrogens is 1. The van der Waals surface area contributed by atoms with E-state index in [1.165, 1.54) is 0 Å². The summed E-state index contributed by atoms with van der Waals surface area (Å²) in [5.74, 6) is -0.0425. The topological polar surface area (TPSA) is 62.7 Å². The zero-order valence-corrected chi connectivity index (χ0v) is 19.2. The summed E-state index contributed by atoms with van der Waals surface area (Å²) in [7, 11) is 0. The second-order valence-corrected chi connectivity index (χ2v) is 9.10. The molecule has 7 heteroatoms. The Labute approximate surface area is 188 Å². The molecule has 31 heavy (non-hydrogen) atoms. The second kappa shape index (κ2) is 9.03. The Bertz CT molecular complexity index is 997. The van der Waals surface area contributed by atoms with Crippen molar-refractivity contribution in [1.82, 2.24) is 14.8 Å². The van der Waals surface area contributed by atoms with E-state index in [0.29, 0.717) is 25.3 Å². The van der Waals surface area contributed by atoms with Crippen molar-refractivity contribution in [1.29, 1.82) is 0 Å². The number of fused-ring (bicyclic) bond motifs is 2. The van der Waals surface area contributed by atoms with Gasteiger partial charge in [0.15, 0.2) is 0 Å². The summed E-state index contributed by atoms with van der Waals surface area (Å²) in [5, 5.41) is 1.68. The molecule has 0 N–H and O–H groups in total. The average Bonchev–Trinajstić information content (AvgIpc) is 2.76. The van der Waals surface area contributed by atoms with Gasteiger partial charge in [-0.1, -0.05) is 24.6 Å². The van der Waals surface area contributed by atoms with Crippen LogP contribution in [0.1, 0.15) is 61.6 Å². The molecule has 2 unspecified atom stereocenters. The molecule has 1 aromatic carbocycles. The lowest BCUT2D eigenvalue weighted by Crippen LogP contribution is -2.59. The minimum absolute atomic E-state index is 0.0425. The van der Waals surface area contributed by atoms with Crippen LogP contribution in [-0.2, 0) is 17.6 Å². The van der Waals surface area contributed by atoms with Crippen LogP contribution in [0.5, 0.6) is 0 Å². The summed E-state index contributed by atoms with van der Waals surface area (Å²) in [6, 6.07) is 5.40. The monoisotopic (exact) mass is 443 g/mol. The number of piperazine rings is 1. The van der Waals surface area contributed by atoms with Crippen LogP contribution in [0.15, 0.2) is 18.2 Å². The highest BCUT2D eigenvalue weighted by Gasteiger charge is 2.36. The van der Waals surface area contributed by atoms with Crippen LogP contribution in [0.4, 0.5) is 4.79 Å². The fraction of sp³-hybridized carbons (Fsp3) is 0.542. The van der Waals surface area contributed by atoms with Gasteiger partial charge in [0.1, 0.15) is 0 Å². The molecule has 166 valence electrons. The molecule has 2 heterocycles. The molecular weight excluding hydrogens is 414 g/mol. The van der Waals surface area contributed by atoms with Crippen molar-refractivity contribution in [2.24, 2.45) is 0 Å². The standard InChI is InChI=1S/C24H30ClN3O3/c1-4-11-31-24(30)27-13-15(2)28(16(3)14-27)23(29)17-9-10-19-21(12-17)26-20-8-6-5-7-18(20)22(19)25/h9-10,12,15-16H,4-8,11,13-14H2,1-3H3. The number of pyridine rings is 1.